The van der Waals surface area contributed by atoms with Crippen LogP contribution >= 0.6 is 0 Å². The Bertz CT molecular complexity index is 532. The molecule has 4 nitrogen and oxygen atoms in total. The number of hydrogen-bond donors (Lipinski definition) is 1. The highest BCUT2D eigenvalue weighted by Gasteiger charge is 2.21. The van der Waals surface area contributed by atoms with E-state index in [1.165, 1.54) is 24.0 Å². The van der Waals surface area contributed by atoms with Gasteiger partial charge in [-0.3, -0.25) is 0 Å². The van der Waals surface area contributed by atoms with Crippen molar-refractivity contribution in [3.8, 4) is 0 Å². The zero-order valence-corrected chi connectivity index (χ0v) is 10.6. The zero-order valence-electron chi connectivity index (χ0n) is 10.6. The normalized spacial score (nSPS) is 17.9. The quantitative estimate of drug-likeness (QED) is 0.892. The number of benzene rings is 1. The van der Waals surface area contributed by atoms with Crippen LogP contribution in [0.1, 0.15) is 36.3 Å². The molecule has 1 unspecified atom stereocenters. The van der Waals surface area contributed by atoms with Gasteiger partial charge < -0.3 is 5.32 Å². The number of hydrogen-bond acceptors (Lipinski definition) is 3. The van der Waals surface area contributed by atoms with E-state index in [1.807, 2.05) is 4.68 Å². The smallest absolute Gasteiger partial charge is 0.140 e. The fraction of sp³-hybridized carbons (Fsp3) is 0.429. The molecule has 18 heavy (non-hydrogen) atoms. The summed E-state index contributed by atoms with van der Waals surface area (Å²) in [6.07, 6.45) is 3.98. The minimum absolute atomic E-state index is 0.461. The Kier molecular flexibility index (Phi) is 3.11. The number of rotatable bonds is 4. The average Bonchev–Trinajstić information content (AvgIpc) is 3.02. The maximum atomic E-state index is 4.29. The molecule has 0 radical (unpaired) electrons. The van der Waals surface area contributed by atoms with Crippen molar-refractivity contribution in [2.24, 2.45) is 0 Å². The van der Waals surface area contributed by atoms with Gasteiger partial charge in [0.05, 0.1) is 6.54 Å². The second-order valence-electron chi connectivity index (χ2n) is 4.66. The van der Waals surface area contributed by atoms with E-state index in [0.29, 0.717) is 6.04 Å². The van der Waals surface area contributed by atoms with Crippen LogP contribution in [0, 0.1) is 0 Å². The Hall–Kier alpha value is -1.68. The third-order valence-electron chi connectivity index (χ3n) is 3.63. The minimum atomic E-state index is 0.461. The van der Waals surface area contributed by atoms with E-state index in [9.17, 15) is 0 Å². The fourth-order valence-electron chi connectivity index (χ4n) is 2.67. The molecule has 94 valence electrons. The summed E-state index contributed by atoms with van der Waals surface area (Å²) >= 11 is 0. The second-order valence-corrected chi connectivity index (χ2v) is 4.66. The predicted molar refractivity (Wildman–Crippen MR) is 70.0 cm³/mol. The number of fused-ring (bicyclic) bond motifs is 1. The Balaban J connectivity index is 1.69. The maximum Gasteiger partial charge on any atom is 0.140 e. The van der Waals surface area contributed by atoms with Gasteiger partial charge in [-0.2, -0.15) is 5.10 Å². The molecule has 0 saturated carbocycles. The van der Waals surface area contributed by atoms with Crippen LogP contribution in [0.2, 0.25) is 0 Å². The summed E-state index contributed by atoms with van der Waals surface area (Å²) in [6.45, 7) is 3.74. The first kappa shape index (κ1) is 11.4. The van der Waals surface area contributed by atoms with Gasteiger partial charge in [0.15, 0.2) is 0 Å². The van der Waals surface area contributed by atoms with Gasteiger partial charge in [0.2, 0.25) is 0 Å². The minimum Gasteiger partial charge on any atom is -0.303 e. The van der Waals surface area contributed by atoms with Gasteiger partial charge in [-0.05, 0) is 30.9 Å². The molecule has 1 heterocycles. The lowest BCUT2D eigenvalue weighted by Crippen LogP contribution is -2.21. The number of aryl methyl sites for hydroxylation is 2. The lowest BCUT2D eigenvalue weighted by Gasteiger charge is -2.13. The van der Waals surface area contributed by atoms with Crippen LogP contribution in [-0.2, 0) is 19.5 Å². The molecule has 3 rings (SSSR count). The van der Waals surface area contributed by atoms with Gasteiger partial charge in [-0.25, -0.2) is 9.67 Å². The Morgan fingerprint density at radius 3 is 3.17 bits per heavy atom. The topological polar surface area (TPSA) is 42.7 Å². The SMILES string of the molecule is CCn1ncnc1CNC1CCc2ccccc21. The molecular weight excluding hydrogens is 224 g/mol. The van der Waals surface area contributed by atoms with Gasteiger partial charge >= 0.3 is 0 Å². The lowest BCUT2D eigenvalue weighted by molar-refractivity contribution is 0.496. The molecule has 1 aliphatic rings. The van der Waals surface area contributed by atoms with Crippen LogP contribution in [0.5, 0.6) is 0 Å². The molecule has 0 amide bonds. The summed E-state index contributed by atoms with van der Waals surface area (Å²) < 4.78 is 1.94. The standard InChI is InChI=1S/C14H18N4/c1-2-18-14(16-10-17-18)9-15-13-8-7-11-5-3-4-6-12(11)13/h3-6,10,13,15H,2,7-9H2,1H3. The highest BCUT2D eigenvalue weighted by Crippen LogP contribution is 2.30. The molecule has 1 N–H and O–H groups in total. The molecule has 0 spiro atoms. The zero-order chi connectivity index (χ0) is 12.4. The average molecular weight is 242 g/mol. The molecule has 0 saturated heterocycles. The molecule has 4 heteroatoms. The van der Waals surface area contributed by atoms with Crippen LogP contribution in [0.3, 0.4) is 0 Å². The first-order valence-electron chi connectivity index (χ1n) is 6.56. The number of aromatic nitrogens is 3. The van der Waals surface area contributed by atoms with Crippen molar-refractivity contribution in [1.82, 2.24) is 20.1 Å². The molecule has 1 aromatic carbocycles. The molecule has 0 aliphatic heterocycles. The van der Waals surface area contributed by atoms with Gasteiger partial charge in [0.1, 0.15) is 12.2 Å². The van der Waals surface area contributed by atoms with Crippen LogP contribution in [-0.4, -0.2) is 14.8 Å². The van der Waals surface area contributed by atoms with E-state index in [0.717, 1.165) is 18.9 Å². The van der Waals surface area contributed by atoms with Crippen molar-refractivity contribution in [3.05, 3.63) is 47.5 Å². The highest BCUT2D eigenvalue weighted by molar-refractivity contribution is 5.34. The van der Waals surface area contributed by atoms with Crippen molar-refractivity contribution in [3.63, 3.8) is 0 Å². The first-order chi connectivity index (χ1) is 8.88. The van der Waals surface area contributed by atoms with Crippen molar-refractivity contribution >= 4 is 0 Å². The summed E-state index contributed by atoms with van der Waals surface area (Å²) in [6, 6.07) is 9.15. The van der Waals surface area contributed by atoms with Crippen molar-refractivity contribution < 1.29 is 0 Å². The second kappa shape index (κ2) is 4.90. The largest absolute Gasteiger partial charge is 0.303 e. The molecule has 1 aliphatic carbocycles. The Morgan fingerprint density at radius 1 is 1.39 bits per heavy atom. The molecular formula is C14H18N4. The predicted octanol–water partition coefficient (Wildman–Crippen LogP) is 2.08. The summed E-state index contributed by atoms with van der Waals surface area (Å²) in [5.74, 6) is 1.02. The van der Waals surface area contributed by atoms with Gasteiger partial charge in [-0.1, -0.05) is 24.3 Å². The highest BCUT2D eigenvalue weighted by atomic mass is 15.3. The summed E-state index contributed by atoms with van der Waals surface area (Å²) in [5.41, 5.74) is 2.92. The molecule has 1 atom stereocenters. The van der Waals surface area contributed by atoms with Crippen LogP contribution < -0.4 is 5.32 Å². The summed E-state index contributed by atoms with van der Waals surface area (Å²) in [4.78, 5) is 4.29. The van der Waals surface area contributed by atoms with E-state index < -0.39 is 0 Å². The van der Waals surface area contributed by atoms with Crippen molar-refractivity contribution in [2.75, 3.05) is 0 Å². The van der Waals surface area contributed by atoms with Gasteiger partial charge in [0.25, 0.3) is 0 Å². The fourth-order valence-corrected chi connectivity index (χ4v) is 2.67. The molecule has 1 aromatic heterocycles. The van der Waals surface area contributed by atoms with Gasteiger partial charge in [-0.15, -0.1) is 0 Å². The monoisotopic (exact) mass is 242 g/mol. The summed E-state index contributed by atoms with van der Waals surface area (Å²) in [7, 11) is 0. The number of nitrogens with zero attached hydrogens (tertiary/aromatic N) is 3. The van der Waals surface area contributed by atoms with Crippen LogP contribution in [0.4, 0.5) is 0 Å². The Morgan fingerprint density at radius 2 is 2.28 bits per heavy atom. The number of nitrogens with one attached hydrogen (secondary N) is 1. The molecule has 0 bridgehead atoms. The van der Waals surface area contributed by atoms with E-state index >= 15 is 0 Å². The third kappa shape index (κ3) is 2.04. The molecule has 0 fully saturated rings. The summed E-state index contributed by atoms with van der Waals surface area (Å²) in [5, 5.41) is 7.78. The van der Waals surface area contributed by atoms with E-state index in [2.05, 4.69) is 46.6 Å². The van der Waals surface area contributed by atoms with Crippen molar-refractivity contribution in [1.29, 1.82) is 0 Å². The van der Waals surface area contributed by atoms with E-state index in [-0.39, 0.29) is 0 Å². The van der Waals surface area contributed by atoms with Gasteiger partial charge in [0, 0.05) is 12.6 Å². The van der Waals surface area contributed by atoms with Crippen molar-refractivity contribution in [2.45, 2.75) is 38.9 Å². The van der Waals surface area contributed by atoms with Crippen LogP contribution in [0.25, 0.3) is 0 Å². The van der Waals surface area contributed by atoms with Crippen LogP contribution in [0.15, 0.2) is 30.6 Å². The third-order valence-corrected chi connectivity index (χ3v) is 3.63. The molecule has 2 aromatic rings. The lowest BCUT2D eigenvalue weighted by atomic mass is 10.1. The first-order valence-corrected chi connectivity index (χ1v) is 6.56. The Labute approximate surface area is 107 Å². The van der Waals surface area contributed by atoms with E-state index in [1.54, 1.807) is 6.33 Å². The maximum absolute atomic E-state index is 4.29. The van der Waals surface area contributed by atoms with E-state index in [4.69, 9.17) is 0 Å².